The molecule has 0 bridgehead atoms. The van der Waals surface area contributed by atoms with E-state index in [4.69, 9.17) is 4.52 Å². The van der Waals surface area contributed by atoms with E-state index in [1.807, 2.05) is 6.92 Å². The van der Waals surface area contributed by atoms with E-state index >= 15 is 0 Å². The van der Waals surface area contributed by atoms with Crippen LogP contribution < -0.4 is 5.32 Å². The van der Waals surface area contributed by atoms with E-state index in [9.17, 15) is 4.79 Å². The molecule has 0 aliphatic heterocycles. The molecule has 7 heteroatoms. The smallest absolute Gasteiger partial charge is 0.294 e. The Morgan fingerprint density at radius 2 is 2.10 bits per heavy atom. The lowest BCUT2D eigenvalue weighted by Crippen LogP contribution is -2.11. The zero-order valence-corrected chi connectivity index (χ0v) is 11.6. The highest BCUT2D eigenvalue weighted by Crippen LogP contribution is 2.19. The maximum absolute atomic E-state index is 12.1. The molecule has 7 nitrogen and oxygen atoms in total. The number of anilines is 1. The van der Waals surface area contributed by atoms with Crippen molar-refractivity contribution in [2.75, 3.05) is 5.32 Å². The first-order chi connectivity index (χ1) is 10.1. The average molecular weight is 283 g/mol. The second-order valence-corrected chi connectivity index (χ2v) is 4.57. The van der Waals surface area contributed by atoms with Crippen molar-refractivity contribution in [1.82, 2.24) is 19.9 Å². The largest absolute Gasteiger partial charge is 0.350 e. The Morgan fingerprint density at radius 3 is 2.76 bits per heavy atom. The van der Waals surface area contributed by atoms with Gasteiger partial charge in [-0.15, -0.1) is 0 Å². The number of nitrogens with one attached hydrogen (secondary N) is 1. The van der Waals surface area contributed by atoms with E-state index in [0.29, 0.717) is 11.4 Å². The summed E-state index contributed by atoms with van der Waals surface area (Å²) in [5, 5.41) is 10.8. The lowest BCUT2D eigenvalue weighted by Gasteiger charge is -1.98. The van der Waals surface area contributed by atoms with Gasteiger partial charge in [-0.05, 0) is 19.1 Å². The summed E-state index contributed by atoms with van der Waals surface area (Å²) in [6.07, 6.45) is 5.04. The third-order valence-electron chi connectivity index (χ3n) is 2.97. The molecule has 106 valence electrons. The monoisotopic (exact) mass is 283 g/mol. The zero-order chi connectivity index (χ0) is 14.8. The van der Waals surface area contributed by atoms with Gasteiger partial charge in [-0.1, -0.05) is 5.16 Å². The summed E-state index contributed by atoms with van der Waals surface area (Å²) in [6.45, 7) is 1.82. The molecule has 0 atom stereocenters. The number of nitrogens with zero attached hydrogens (tertiary/aromatic N) is 4. The third kappa shape index (κ3) is 2.66. The van der Waals surface area contributed by atoms with E-state index < -0.39 is 0 Å². The van der Waals surface area contributed by atoms with Gasteiger partial charge in [-0.3, -0.25) is 14.5 Å². The maximum Gasteiger partial charge on any atom is 0.294 e. The minimum Gasteiger partial charge on any atom is -0.350 e. The molecule has 0 saturated carbocycles. The first-order valence-corrected chi connectivity index (χ1v) is 6.32. The van der Waals surface area contributed by atoms with Crippen LogP contribution in [0.25, 0.3) is 11.3 Å². The van der Waals surface area contributed by atoms with Crippen molar-refractivity contribution < 1.29 is 9.32 Å². The number of rotatable bonds is 3. The van der Waals surface area contributed by atoms with E-state index in [2.05, 4.69) is 20.6 Å². The van der Waals surface area contributed by atoms with Crippen LogP contribution in [0.3, 0.4) is 0 Å². The van der Waals surface area contributed by atoms with Crippen LogP contribution in [-0.2, 0) is 7.05 Å². The van der Waals surface area contributed by atoms with Crippen molar-refractivity contribution in [2.45, 2.75) is 6.92 Å². The molecule has 0 aromatic carbocycles. The molecule has 3 heterocycles. The Bertz CT molecular complexity index is 776. The van der Waals surface area contributed by atoms with Crippen LogP contribution in [0, 0.1) is 6.92 Å². The average Bonchev–Trinajstić information content (AvgIpc) is 3.07. The van der Waals surface area contributed by atoms with Crippen molar-refractivity contribution in [2.24, 2.45) is 7.05 Å². The van der Waals surface area contributed by atoms with Crippen molar-refractivity contribution in [3.63, 3.8) is 0 Å². The molecule has 0 unspecified atom stereocenters. The number of amides is 1. The molecule has 3 aromatic heterocycles. The van der Waals surface area contributed by atoms with Gasteiger partial charge in [-0.2, -0.15) is 5.10 Å². The van der Waals surface area contributed by atoms with E-state index in [1.54, 1.807) is 48.5 Å². The SMILES string of the molecule is Cc1nn(C)cc1NC(=O)c1cc(-c2ccncc2)no1. The van der Waals surface area contributed by atoms with E-state index in [-0.39, 0.29) is 11.7 Å². The molecule has 0 aliphatic rings. The Kier molecular flexibility index (Phi) is 3.23. The fraction of sp³-hybridized carbons (Fsp3) is 0.143. The first-order valence-electron chi connectivity index (χ1n) is 6.32. The maximum atomic E-state index is 12.1. The summed E-state index contributed by atoms with van der Waals surface area (Å²) < 4.78 is 6.72. The number of hydrogen-bond acceptors (Lipinski definition) is 5. The van der Waals surface area contributed by atoms with Crippen molar-refractivity contribution in [3.8, 4) is 11.3 Å². The molecule has 0 radical (unpaired) electrons. The van der Waals surface area contributed by atoms with Gasteiger partial charge in [0.2, 0.25) is 5.76 Å². The minimum atomic E-state index is -0.362. The Balaban J connectivity index is 1.80. The van der Waals surface area contributed by atoms with Gasteiger partial charge in [-0.25, -0.2) is 0 Å². The van der Waals surface area contributed by atoms with Gasteiger partial charge >= 0.3 is 0 Å². The number of carbonyl (C=O) groups excluding carboxylic acids is 1. The molecule has 0 saturated heterocycles. The molecular formula is C14H13N5O2. The second-order valence-electron chi connectivity index (χ2n) is 4.57. The Hall–Kier alpha value is -2.96. The molecule has 0 fully saturated rings. The summed E-state index contributed by atoms with van der Waals surface area (Å²) in [5.41, 5.74) is 2.81. The number of aromatic nitrogens is 4. The molecular weight excluding hydrogens is 270 g/mol. The first kappa shape index (κ1) is 13.0. The molecule has 3 aromatic rings. The van der Waals surface area contributed by atoms with E-state index in [0.717, 1.165) is 11.3 Å². The Morgan fingerprint density at radius 1 is 1.33 bits per heavy atom. The highest BCUT2D eigenvalue weighted by Gasteiger charge is 2.16. The van der Waals surface area contributed by atoms with Crippen LogP contribution in [0.2, 0.25) is 0 Å². The third-order valence-corrected chi connectivity index (χ3v) is 2.97. The molecule has 0 aliphatic carbocycles. The van der Waals surface area contributed by atoms with Crippen LogP contribution in [0.15, 0.2) is 41.3 Å². The number of aryl methyl sites for hydroxylation is 2. The number of pyridine rings is 1. The van der Waals surface area contributed by atoms with Crippen LogP contribution in [-0.4, -0.2) is 25.8 Å². The van der Waals surface area contributed by atoms with Gasteiger partial charge < -0.3 is 9.84 Å². The fourth-order valence-corrected chi connectivity index (χ4v) is 1.95. The van der Waals surface area contributed by atoms with Crippen LogP contribution in [0.4, 0.5) is 5.69 Å². The van der Waals surface area contributed by atoms with Gasteiger partial charge in [0.1, 0.15) is 5.69 Å². The van der Waals surface area contributed by atoms with Crippen LogP contribution in [0.1, 0.15) is 16.2 Å². The summed E-state index contributed by atoms with van der Waals surface area (Å²) >= 11 is 0. The molecule has 1 amide bonds. The predicted octanol–water partition coefficient (Wildman–Crippen LogP) is 2.03. The summed E-state index contributed by atoms with van der Waals surface area (Å²) in [7, 11) is 1.79. The van der Waals surface area contributed by atoms with Gasteiger partial charge in [0, 0.05) is 37.3 Å². The van der Waals surface area contributed by atoms with Gasteiger partial charge in [0.15, 0.2) is 0 Å². The molecule has 21 heavy (non-hydrogen) atoms. The Labute approximate surface area is 120 Å². The van der Waals surface area contributed by atoms with E-state index in [1.165, 1.54) is 0 Å². The second kappa shape index (κ2) is 5.20. The van der Waals surface area contributed by atoms with Gasteiger partial charge in [0.25, 0.3) is 5.91 Å². The standard InChI is InChI=1S/C14H13N5O2/c1-9-12(8-19(2)17-9)16-14(20)13-7-11(18-21-13)10-3-5-15-6-4-10/h3-8H,1-2H3,(H,16,20). The number of carbonyl (C=O) groups is 1. The van der Waals surface area contributed by atoms with Gasteiger partial charge in [0.05, 0.1) is 11.4 Å². The molecule has 0 spiro atoms. The van der Waals surface area contributed by atoms with Crippen LogP contribution in [0.5, 0.6) is 0 Å². The fourth-order valence-electron chi connectivity index (χ4n) is 1.95. The molecule has 3 rings (SSSR count). The topological polar surface area (TPSA) is 85.8 Å². The van der Waals surface area contributed by atoms with Crippen LogP contribution >= 0.6 is 0 Å². The predicted molar refractivity (Wildman–Crippen MR) is 75.6 cm³/mol. The summed E-state index contributed by atoms with van der Waals surface area (Å²) in [4.78, 5) is 16.1. The van der Waals surface area contributed by atoms with Crippen molar-refractivity contribution >= 4 is 11.6 Å². The van der Waals surface area contributed by atoms with Crippen molar-refractivity contribution in [1.29, 1.82) is 0 Å². The molecule has 1 N–H and O–H groups in total. The minimum absolute atomic E-state index is 0.144. The van der Waals surface area contributed by atoms with Crippen molar-refractivity contribution in [3.05, 3.63) is 48.2 Å². The lowest BCUT2D eigenvalue weighted by atomic mass is 10.2. The normalized spacial score (nSPS) is 10.6. The number of hydrogen-bond donors (Lipinski definition) is 1. The zero-order valence-electron chi connectivity index (χ0n) is 11.6. The quantitative estimate of drug-likeness (QED) is 0.794. The summed E-state index contributed by atoms with van der Waals surface area (Å²) in [5.74, 6) is -0.219. The highest BCUT2D eigenvalue weighted by molar-refractivity contribution is 6.02. The highest BCUT2D eigenvalue weighted by atomic mass is 16.5. The lowest BCUT2D eigenvalue weighted by molar-refractivity contribution is 0.0988. The summed E-state index contributed by atoms with van der Waals surface area (Å²) in [6, 6.07) is 5.19.